The normalized spacial score (nSPS) is 32.3. The van der Waals surface area contributed by atoms with Crippen LogP contribution in [0, 0.1) is 5.92 Å². The molecule has 2 bridgehead atoms. The number of methoxy groups -OCH3 is 1. The standard InChI is InChI=1S/C37H58O6Si/c1-27-21-22-40-31(24-27)19-20-34(39-7)35-17-11-16-33(43-44(8,9)37(4,5)6)26-29(3)23-28(2)25-32-15-10-13-30(41-32)14-12-18-36(38)42-35/h10-13,16,18-21,28,30-35H,3,14-15,17,22-26H2,1-2,4-9H3/b16-11+,18-12-,20-19+/t28-,30-,31+,32-,33+,34-,35-/m0/s1. The van der Waals surface area contributed by atoms with Crippen molar-refractivity contribution >= 4 is 14.3 Å². The Hall–Kier alpha value is -2.03. The monoisotopic (exact) mass is 626 g/mol. The molecule has 0 amide bonds. The van der Waals surface area contributed by atoms with E-state index in [0.717, 1.165) is 32.1 Å². The highest BCUT2D eigenvalue weighted by atomic mass is 28.4. The summed E-state index contributed by atoms with van der Waals surface area (Å²) in [7, 11) is -0.403. The highest BCUT2D eigenvalue weighted by Crippen LogP contribution is 2.38. The fourth-order valence-corrected chi connectivity index (χ4v) is 6.97. The summed E-state index contributed by atoms with van der Waals surface area (Å²) >= 11 is 0. The molecule has 0 aliphatic carbocycles. The predicted octanol–water partition coefficient (Wildman–Crippen LogP) is 8.58. The average Bonchev–Trinajstić information content (AvgIpc) is 2.92. The lowest BCUT2D eigenvalue weighted by Gasteiger charge is -2.39. The number of cyclic esters (lactones) is 1. The Labute approximate surface area is 268 Å². The summed E-state index contributed by atoms with van der Waals surface area (Å²) in [4.78, 5) is 13.0. The van der Waals surface area contributed by atoms with Crippen LogP contribution in [0.4, 0.5) is 0 Å². The Bertz CT molecular complexity index is 1090. The number of carbonyl (C=O) groups is 1. The highest BCUT2D eigenvalue weighted by molar-refractivity contribution is 6.74. The van der Waals surface area contributed by atoms with Gasteiger partial charge in [0.1, 0.15) is 12.2 Å². The smallest absolute Gasteiger partial charge is 0.330 e. The van der Waals surface area contributed by atoms with Crippen molar-refractivity contribution in [2.24, 2.45) is 5.92 Å². The number of hydrogen-bond donors (Lipinski definition) is 0. The number of hydrogen-bond acceptors (Lipinski definition) is 6. The molecule has 0 spiro atoms. The van der Waals surface area contributed by atoms with Gasteiger partial charge in [0.15, 0.2) is 8.32 Å². The molecule has 44 heavy (non-hydrogen) atoms. The molecule has 7 heteroatoms. The second-order valence-electron chi connectivity index (χ2n) is 14.4. The first-order valence-electron chi connectivity index (χ1n) is 16.4. The fourth-order valence-electron chi connectivity index (χ4n) is 5.70. The lowest BCUT2D eigenvalue weighted by molar-refractivity contribution is -0.148. The van der Waals surface area contributed by atoms with Crippen molar-refractivity contribution in [2.45, 2.75) is 134 Å². The molecule has 0 N–H and O–H groups in total. The molecular formula is C37H58O6Si. The van der Waals surface area contributed by atoms with Crippen LogP contribution < -0.4 is 0 Å². The fraction of sp³-hybridized carbons (Fsp3) is 0.649. The molecule has 3 rings (SSSR count). The molecule has 7 atom stereocenters. The summed E-state index contributed by atoms with van der Waals surface area (Å²) in [5.41, 5.74) is 2.50. The third-order valence-electron chi connectivity index (χ3n) is 9.19. The van der Waals surface area contributed by atoms with Crippen molar-refractivity contribution in [2.75, 3.05) is 13.7 Å². The number of rotatable bonds is 6. The van der Waals surface area contributed by atoms with Gasteiger partial charge in [-0.3, -0.25) is 0 Å². The van der Waals surface area contributed by atoms with Gasteiger partial charge in [0, 0.05) is 19.6 Å². The summed E-state index contributed by atoms with van der Waals surface area (Å²) in [5, 5.41) is 0.0783. The number of ether oxygens (including phenoxy) is 4. The van der Waals surface area contributed by atoms with Gasteiger partial charge in [-0.25, -0.2) is 4.79 Å². The van der Waals surface area contributed by atoms with E-state index in [1.165, 1.54) is 17.2 Å². The molecule has 0 aromatic heterocycles. The van der Waals surface area contributed by atoms with Crippen molar-refractivity contribution in [3.8, 4) is 0 Å². The van der Waals surface area contributed by atoms with Crippen LogP contribution in [0.15, 0.2) is 72.4 Å². The number of fused-ring (bicyclic) bond motifs is 2. The Morgan fingerprint density at radius 1 is 1.07 bits per heavy atom. The lowest BCUT2D eigenvalue weighted by atomic mass is 9.91. The Morgan fingerprint density at radius 2 is 1.82 bits per heavy atom. The Kier molecular flexibility index (Phi) is 14.1. The average molecular weight is 627 g/mol. The van der Waals surface area contributed by atoms with Gasteiger partial charge in [-0.1, -0.05) is 94.0 Å². The van der Waals surface area contributed by atoms with E-state index in [4.69, 9.17) is 23.4 Å². The molecule has 0 unspecified atom stereocenters. The van der Waals surface area contributed by atoms with Crippen molar-refractivity contribution < 1.29 is 28.2 Å². The van der Waals surface area contributed by atoms with Gasteiger partial charge in [-0.2, -0.15) is 0 Å². The van der Waals surface area contributed by atoms with Crippen LogP contribution in [-0.2, 0) is 28.2 Å². The van der Waals surface area contributed by atoms with Gasteiger partial charge in [0.05, 0.1) is 31.0 Å². The minimum Gasteiger partial charge on any atom is -0.456 e. The van der Waals surface area contributed by atoms with Gasteiger partial charge in [0.2, 0.25) is 0 Å². The Balaban J connectivity index is 1.87. The van der Waals surface area contributed by atoms with Crippen LogP contribution in [0.2, 0.25) is 18.1 Å². The topological polar surface area (TPSA) is 63.2 Å². The molecule has 0 saturated carbocycles. The third kappa shape index (κ3) is 12.0. The summed E-state index contributed by atoms with van der Waals surface area (Å²) in [6, 6.07) is 0. The summed E-state index contributed by atoms with van der Waals surface area (Å²) in [6.07, 6.45) is 22.6. The van der Waals surface area contributed by atoms with Crippen molar-refractivity contribution in [1.82, 2.24) is 0 Å². The second kappa shape index (κ2) is 17.0. The maximum atomic E-state index is 13.0. The van der Waals surface area contributed by atoms with E-state index in [9.17, 15) is 4.79 Å². The van der Waals surface area contributed by atoms with E-state index in [2.05, 4.69) is 84.7 Å². The molecule has 6 nitrogen and oxygen atoms in total. The first-order chi connectivity index (χ1) is 20.8. The van der Waals surface area contributed by atoms with Crippen LogP contribution in [-0.4, -0.2) is 64.6 Å². The van der Waals surface area contributed by atoms with E-state index in [1.807, 2.05) is 18.2 Å². The third-order valence-corrected chi connectivity index (χ3v) is 13.7. The quantitative estimate of drug-likeness (QED) is 0.167. The molecule has 0 aromatic rings. The number of carbonyl (C=O) groups excluding carboxylic acids is 1. The van der Waals surface area contributed by atoms with E-state index < -0.39 is 20.5 Å². The van der Waals surface area contributed by atoms with Crippen LogP contribution in [0.1, 0.15) is 79.6 Å². The van der Waals surface area contributed by atoms with Crippen LogP contribution >= 0.6 is 0 Å². The Morgan fingerprint density at radius 3 is 2.52 bits per heavy atom. The van der Waals surface area contributed by atoms with Gasteiger partial charge in [0.25, 0.3) is 0 Å². The SMILES string of the molecule is C=C1C[C@H](C)C[C@@H]2CC=C[C@@H](C/C=C\C(=O)O[C@H]([C@H](/C=C/[C@@H]3CC(C)=CCO3)OC)C/C=C/[C@@H](O[Si](C)(C)C(C)(C)C)C1)O2. The van der Waals surface area contributed by atoms with E-state index >= 15 is 0 Å². The molecule has 0 aromatic carbocycles. The molecule has 0 saturated heterocycles. The summed E-state index contributed by atoms with van der Waals surface area (Å²) in [6.45, 7) is 20.8. The lowest BCUT2D eigenvalue weighted by Crippen LogP contribution is -2.43. The summed E-state index contributed by atoms with van der Waals surface area (Å²) < 4.78 is 31.1. The second-order valence-corrected chi connectivity index (χ2v) is 19.1. The zero-order valence-corrected chi connectivity index (χ0v) is 29.6. The zero-order chi connectivity index (χ0) is 32.3. The van der Waals surface area contributed by atoms with Crippen molar-refractivity contribution in [1.29, 1.82) is 0 Å². The molecule has 3 heterocycles. The van der Waals surface area contributed by atoms with Crippen molar-refractivity contribution in [3.63, 3.8) is 0 Å². The van der Waals surface area contributed by atoms with Gasteiger partial charge >= 0.3 is 5.97 Å². The molecule has 3 aliphatic rings. The van der Waals surface area contributed by atoms with Gasteiger partial charge < -0.3 is 23.4 Å². The largest absolute Gasteiger partial charge is 0.456 e. The van der Waals surface area contributed by atoms with Crippen LogP contribution in [0.5, 0.6) is 0 Å². The zero-order valence-electron chi connectivity index (χ0n) is 28.6. The van der Waals surface area contributed by atoms with Gasteiger partial charge in [-0.15, -0.1) is 0 Å². The predicted molar refractivity (Wildman–Crippen MR) is 182 cm³/mol. The first-order valence-corrected chi connectivity index (χ1v) is 19.3. The maximum Gasteiger partial charge on any atom is 0.330 e. The van der Waals surface area contributed by atoms with Gasteiger partial charge in [-0.05, 0) is 69.5 Å². The van der Waals surface area contributed by atoms with Crippen LogP contribution in [0.25, 0.3) is 0 Å². The van der Waals surface area contributed by atoms with E-state index in [-0.39, 0.29) is 35.4 Å². The molecule has 246 valence electrons. The molecule has 0 radical (unpaired) electrons. The molecular weight excluding hydrogens is 568 g/mol. The van der Waals surface area contributed by atoms with E-state index in [1.54, 1.807) is 7.11 Å². The summed E-state index contributed by atoms with van der Waals surface area (Å²) in [5.74, 6) is 0.0627. The molecule has 3 aliphatic heterocycles. The van der Waals surface area contributed by atoms with Crippen molar-refractivity contribution in [3.05, 3.63) is 72.4 Å². The highest BCUT2D eigenvalue weighted by Gasteiger charge is 2.39. The minimum absolute atomic E-state index is 0.0221. The number of esters is 1. The molecule has 0 fully saturated rings. The maximum absolute atomic E-state index is 13.0. The van der Waals surface area contributed by atoms with Crippen LogP contribution in [0.3, 0.4) is 0 Å². The first kappa shape index (κ1) is 36.4. The minimum atomic E-state index is -2.05. The van der Waals surface area contributed by atoms with E-state index in [0.29, 0.717) is 25.4 Å².